The number of rotatable bonds is 5. The lowest BCUT2D eigenvalue weighted by Crippen LogP contribution is -2.42. The van der Waals surface area contributed by atoms with E-state index >= 15 is 0 Å². The SMILES string of the molecule is COC(=O)[C@H](C)N1C(=O)S/C(=C/C=C/c2ccc(OC)cc2)C1=O. The molecular weight excluding hydrogens is 330 g/mol. The summed E-state index contributed by atoms with van der Waals surface area (Å²) in [5.41, 5.74) is 0.925. The van der Waals surface area contributed by atoms with Gasteiger partial charge in [-0.05, 0) is 42.5 Å². The zero-order valence-corrected chi connectivity index (χ0v) is 14.3. The molecule has 6 nitrogen and oxygen atoms in total. The van der Waals surface area contributed by atoms with Gasteiger partial charge in [0.05, 0.1) is 19.1 Å². The Hall–Kier alpha value is -2.54. The molecule has 0 unspecified atom stereocenters. The highest BCUT2D eigenvalue weighted by atomic mass is 32.2. The van der Waals surface area contributed by atoms with Gasteiger partial charge in [0.2, 0.25) is 0 Å². The van der Waals surface area contributed by atoms with Crippen LogP contribution in [0.25, 0.3) is 6.08 Å². The van der Waals surface area contributed by atoms with Crippen LogP contribution >= 0.6 is 11.8 Å². The average Bonchev–Trinajstić information content (AvgIpc) is 2.88. The second-order valence-corrected chi connectivity index (χ2v) is 5.90. The molecule has 1 aliphatic heterocycles. The molecule has 1 atom stereocenters. The zero-order chi connectivity index (χ0) is 17.7. The zero-order valence-electron chi connectivity index (χ0n) is 13.5. The topological polar surface area (TPSA) is 72.9 Å². The maximum Gasteiger partial charge on any atom is 0.328 e. The minimum absolute atomic E-state index is 0.264. The maximum atomic E-state index is 12.3. The van der Waals surface area contributed by atoms with Crippen LogP contribution in [0.2, 0.25) is 0 Å². The number of nitrogens with zero attached hydrogens (tertiary/aromatic N) is 1. The van der Waals surface area contributed by atoms with Gasteiger partial charge in [-0.2, -0.15) is 0 Å². The van der Waals surface area contributed by atoms with Crippen molar-refractivity contribution in [1.29, 1.82) is 0 Å². The van der Waals surface area contributed by atoms with Crippen LogP contribution in [0.15, 0.2) is 41.3 Å². The molecule has 0 N–H and O–H groups in total. The number of carbonyl (C=O) groups excluding carboxylic acids is 3. The Morgan fingerprint density at radius 1 is 1.21 bits per heavy atom. The Balaban J connectivity index is 2.10. The van der Waals surface area contributed by atoms with Crippen molar-refractivity contribution in [2.45, 2.75) is 13.0 Å². The number of esters is 1. The number of ether oxygens (including phenoxy) is 2. The Labute approximate surface area is 144 Å². The van der Waals surface area contributed by atoms with Crippen LogP contribution in [0.3, 0.4) is 0 Å². The number of carbonyl (C=O) groups is 3. The minimum atomic E-state index is -0.945. The molecule has 0 radical (unpaired) electrons. The number of hydrogen-bond donors (Lipinski definition) is 0. The summed E-state index contributed by atoms with van der Waals surface area (Å²) in [6, 6.07) is 6.44. The van der Waals surface area contributed by atoms with Gasteiger partial charge >= 0.3 is 5.97 Å². The smallest absolute Gasteiger partial charge is 0.328 e. The van der Waals surface area contributed by atoms with Crippen LogP contribution in [0.5, 0.6) is 5.75 Å². The van der Waals surface area contributed by atoms with Crippen molar-refractivity contribution < 1.29 is 23.9 Å². The van der Waals surface area contributed by atoms with E-state index < -0.39 is 23.2 Å². The van der Waals surface area contributed by atoms with Gasteiger partial charge in [0.15, 0.2) is 0 Å². The fraction of sp³-hybridized carbons (Fsp3) is 0.235. The monoisotopic (exact) mass is 347 g/mol. The normalized spacial score (nSPS) is 17.6. The van der Waals surface area contributed by atoms with Crippen LogP contribution in [-0.4, -0.2) is 42.3 Å². The highest BCUT2D eigenvalue weighted by Crippen LogP contribution is 2.32. The molecule has 0 aromatic heterocycles. The fourth-order valence-electron chi connectivity index (χ4n) is 2.07. The number of imide groups is 1. The van der Waals surface area contributed by atoms with E-state index in [0.29, 0.717) is 0 Å². The van der Waals surface area contributed by atoms with E-state index in [-0.39, 0.29) is 4.91 Å². The van der Waals surface area contributed by atoms with Crippen molar-refractivity contribution in [3.8, 4) is 5.75 Å². The molecule has 0 bridgehead atoms. The third kappa shape index (κ3) is 3.86. The lowest BCUT2D eigenvalue weighted by Gasteiger charge is -2.18. The second kappa shape index (κ2) is 7.83. The highest BCUT2D eigenvalue weighted by molar-refractivity contribution is 8.18. The number of benzene rings is 1. The van der Waals surface area contributed by atoms with Crippen molar-refractivity contribution >= 4 is 35.0 Å². The average molecular weight is 347 g/mol. The van der Waals surface area contributed by atoms with Crippen molar-refractivity contribution in [3.63, 3.8) is 0 Å². The van der Waals surface area contributed by atoms with Gasteiger partial charge < -0.3 is 9.47 Å². The predicted octanol–water partition coefficient (Wildman–Crippen LogP) is 2.85. The third-order valence-electron chi connectivity index (χ3n) is 3.41. The van der Waals surface area contributed by atoms with Crippen LogP contribution in [0.4, 0.5) is 4.79 Å². The summed E-state index contributed by atoms with van der Waals surface area (Å²) < 4.78 is 9.65. The van der Waals surface area contributed by atoms with Crippen LogP contribution in [0.1, 0.15) is 12.5 Å². The maximum absolute atomic E-state index is 12.3. The van der Waals surface area contributed by atoms with Gasteiger partial charge in [-0.3, -0.25) is 14.5 Å². The van der Waals surface area contributed by atoms with Gasteiger partial charge in [0.1, 0.15) is 11.8 Å². The lowest BCUT2D eigenvalue weighted by atomic mass is 10.2. The molecule has 2 amide bonds. The lowest BCUT2D eigenvalue weighted by molar-refractivity contribution is -0.148. The Morgan fingerprint density at radius 3 is 2.46 bits per heavy atom. The molecule has 7 heteroatoms. The van der Waals surface area contributed by atoms with Gasteiger partial charge in [-0.15, -0.1) is 0 Å². The fourth-order valence-corrected chi connectivity index (χ4v) is 2.93. The van der Waals surface area contributed by atoms with E-state index in [2.05, 4.69) is 4.74 Å². The first kappa shape index (κ1) is 17.8. The van der Waals surface area contributed by atoms with Gasteiger partial charge in [0, 0.05) is 0 Å². The number of allylic oxidation sites excluding steroid dienone is 2. The molecule has 0 spiro atoms. The summed E-state index contributed by atoms with van der Waals surface area (Å²) in [5, 5.41) is -0.484. The van der Waals surface area contributed by atoms with Gasteiger partial charge in [-0.25, -0.2) is 4.79 Å². The second-order valence-electron chi connectivity index (χ2n) is 4.91. The summed E-state index contributed by atoms with van der Waals surface area (Å²) in [6.45, 7) is 1.46. The third-order valence-corrected chi connectivity index (χ3v) is 4.31. The molecule has 1 aromatic carbocycles. The number of hydrogen-bond acceptors (Lipinski definition) is 6. The number of thioether (sulfide) groups is 1. The standard InChI is InChI=1S/C17H17NO5S/c1-11(16(20)23-3)18-15(19)14(24-17(18)21)6-4-5-12-7-9-13(22-2)10-8-12/h4-11H,1-3H3/b5-4+,14-6+/t11-/m0/s1. The van der Waals surface area contributed by atoms with Crippen molar-refractivity contribution in [1.82, 2.24) is 4.90 Å². The Morgan fingerprint density at radius 2 is 1.88 bits per heavy atom. The molecule has 1 fully saturated rings. The van der Waals surface area contributed by atoms with E-state index in [1.54, 1.807) is 25.3 Å². The van der Waals surface area contributed by atoms with Gasteiger partial charge in [0.25, 0.3) is 11.1 Å². The van der Waals surface area contributed by atoms with Crippen molar-refractivity contribution in [2.75, 3.05) is 14.2 Å². The van der Waals surface area contributed by atoms with E-state index in [1.165, 1.54) is 14.0 Å². The number of amides is 2. The summed E-state index contributed by atoms with van der Waals surface area (Å²) >= 11 is 0.799. The molecule has 1 aliphatic rings. The summed E-state index contributed by atoms with van der Waals surface area (Å²) in [5.74, 6) is -0.375. The molecular formula is C17H17NO5S. The van der Waals surface area contributed by atoms with Crippen molar-refractivity contribution in [3.05, 3.63) is 46.9 Å². The summed E-state index contributed by atoms with van der Waals surface area (Å²) in [7, 11) is 2.81. The van der Waals surface area contributed by atoms with Crippen LogP contribution in [-0.2, 0) is 14.3 Å². The van der Waals surface area contributed by atoms with E-state index in [0.717, 1.165) is 28.0 Å². The van der Waals surface area contributed by atoms with Crippen LogP contribution in [0, 0.1) is 0 Å². The largest absolute Gasteiger partial charge is 0.497 e. The van der Waals surface area contributed by atoms with Crippen molar-refractivity contribution in [2.24, 2.45) is 0 Å². The number of methoxy groups -OCH3 is 2. The molecule has 0 aliphatic carbocycles. The van der Waals surface area contributed by atoms with Gasteiger partial charge in [-0.1, -0.05) is 24.3 Å². The Bertz CT molecular complexity index is 708. The van der Waals surface area contributed by atoms with E-state index in [9.17, 15) is 14.4 Å². The molecule has 1 aromatic rings. The quantitative estimate of drug-likeness (QED) is 0.602. The summed E-state index contributed by atoms with van der Waals surface area (Å²) in [6.07, 6.45) is 5.04. The predicted molar refractivity (Wildman–Crippen MR) is 91.4 cm³/mol. The first-order valence-electron chi connectivity index (χ1n) is 7.13. The highest BCUT2D eigenvalue weighted by Gasteiger charge is 2.40. The molecule has 24 heavy (non-hydrogen) atoms. The molecule has 1 heterocycles. The summed E-state index contributed by atoms with van der Waals surface area (Å²) in [4.78, 5) is 36.9. The first-order valence-corrected chi connectivity index (χ1v) is 7.95. The van der Waals surface area contributed by atoms with E-state index in [4.69, 9.17) is 4.74 Å². The molecule has 0 saturated carbocycles. The molecule has 126 valence electrons. The molecule has 2 rings (SSSR count). The Kier molecular flexibility index (Phi) is 5.81. The molecule has 1 saturated heterocycles. The van der Waals surface area contributed by atoms with Crippen LogP contribution < -0.4 is 4.74 Å². The van der Waals surface area contributed by atoms with E-state index in [1.807, 2.05) is 24.3 Å². The first-order chi connectivity index (χ1) is 11.5. The minimum Gasteiger partial charge on any atom is -0.497 e.